The Morgan fingerprint density at radius 1 is 1.00 bits per heavy atom. The standard InChI is InChI=1S/C20H20N8O2/c29-19-9-8-18(27-13-21-12-22-27)25-28(19)15-6-4-14(5-7-15)23-16-11-20(30)26-10-2-1-3-17(26)24-16/h1-3,8-15,23H,4-7H2. The first-order valence-corrected chi connectivity index (χ1v) is 9.87. The van der Waals surface area contributed by atoms with Crippen LogP contribution in [0.5, 0.6) is 0 Å². The van der Waals surface area contributed by atoms with Gasteiger partial charge in [0.05, 0.1) is 6.04 Å². The molecule has 0 bridgehead atoms. The van der Waals surface area contributed by atoms with Gasteiger partial charge in [-0.2, -0.15) is 5.10 Å². The van der Waals surface area contributed by atoms with Crippen molar-refractivity contribution in [2.75, 3.05) is 5.32 Å². The van der Waals surface area contributed by atoms with Gasteiger partial charge >= 0.3 is 0 Å². The maximum atomic E-state index is 12.4. The first kappa shape index (κ1) is 18.2. The van der Waals surface area contributed by atoms with E-state index in [9.17, 15) is 9.59 Å². The van der Waals surface area contributed by atoms with Crippen LogP contribution in [-0.4, -0.2) is 40.0 Å². The number of pyridine rings is 1. The fourth-order valence-corrected chi connectivity index (χ4v) is 3.93. The molecule has 10 heteroatoms. The molecule has 4 aromatic heterocycles. The Bertz CT molecular complexity index is 1290. The number of anilines is 1. The molecule has 0 unspecified atom stereocenters. The van der Waals surface area contributed by atoms with Crippen LogP contribution in [0.2, 0.25) is 0 Å². The highest BCUT2D eigenvalue weighted by Gasteiger charge is 2.24. The van der Waals surface area contributed by atoms with Gasteiger partial charge in [0, 0.05) is 24.4 Å². The van der Waals surface area contributed by atoms with Gasteiger partial charge in [0.1, 0.15) is 24.1 Å². The first-order valence-electron chi connectivity index (χ1n) is 9.87. The molecule has 1 fully saturated rings. The maximum absolute atomic E-state index is 12.4. The Morgan fingerprint density at radius 2 is 1.87 bits per heavy atom. The monoisotopic (exact) mass is 404 g/mol. The Morgan fingerprint density at radius 3 is 2.67 bits per heavy atom. The summed E-state index contributed by atoms with van der Waals surface area (Å²) in [6, 6.07) is 10.4. The van der Waals surface area contributed by atoms with Crippen LogP contribution >= 0.6 is 0 Å². The number of hydrogen-bond acceptors (Lipinski definition) is 7. The molecule has 0 aliphatic heterocycles. The zero-order chi connectivity index (χ0) is 20.5. The number of nitrogens with one attached hydrogen (secondary N) is 1. The summed E-state index contributed by atoms with van der Waals surface area (Å²) < 4.78 is 4.60. The molecule has 30 heavy (non-hydrogen) atoms. The minimum atomic E-state index is -0.125. The van der Waals surface area contributed by atoms with Crippen LogP contribution < -0.4 is 16.4 Å². The van der Waals surface area contributed by atoms with E-state index in [2.05, 4.69) is 25.5 Å². The summed E-state index contributed by atoms with van der Waals surface area (Å²) in [7, 11) is 0. The summed E-state index contributed by atoms with van der Waals surface area (Å²) in [5.74, 6) is 1.14. The largest absolute Gasteiger partial charge is 0.367 e. The second-order valence-electron chi connectivity index (χ2n) is 7.37. The molecular weight excluding hydrogens is 384 g/mol. The quantitative estimate of drug-likeness (QED) is 0.547. The lowest BCUT2D eigenvalue weighted by molar-refractivity contribution is 0.302. The van der Waals surface area contributed by atoms with Gasteiger partial charge in [0.15, 0.2) is 5.82 Å². The third kappa shape index (κ3) is 3.47. The summed E-state index contributed by atoms with van der Waals surface area (Å²) in [4.78, 5) is 33.1. The van der Waals surface area contributed by atoms with E-state index in [-0.39, 0.29) is 23.2 Å². The van der Waals surface area contributed by atoms with E-state index in [0.29, 0.717) is 17.3 Å². The van der Waals surface area contributed by atoms with Gasteiger partial charge in [-0.25, -0.2) is 19.3 Å². The molecule has 152 valence electrons. The van der Waals surface area contributed by atoms with E-state index in [1.807, 2.05) is 12.1 Å². The van der Waals surface area contributed by atoms with Crippen molar-refractivity contribution in [2.24, 2.45) is 0 Å². The molecule has 1 aliphatic carbocycles. The van der Waals surface area contributed by atoms with Crippen LogP contribution in [0, 0.1) is 0 Å². The molecular formula is C20H20N8O2. The van der Waals surface area contributed by atoms with E-state index >= 15 is 0 Å². The third-order valence-corrected chi connectivity index (χ3v) is 5.43. The molecule has 4 heterocycles. The molecule has 4 aromatic rings. The molecule has 0 saturated heterocycles. The zero-order valence-corrected chi connectivity index (χ0v) is 16.1. The topological polar surface area (TPSA) is 112 Å². The Kier molecular flexibility index (Phi) is 4.58. The van der Waals surface area contributed by atoms with Gasteiger partial charge < -0.3 is 5.32 Å². The number of rotatable bonds is 4. The van der Waals surface area contributed by atoms with Crippen LogP contribution in [0.15, 0.2) is 64.8 Å². The van der Waals surface area contributed by atoms with Gasteiger partial charge in [-0.05, 0) is 43.9 Å². The van der Waals surface area contributed by atoms with Crippen molar-refractivity contribution in [2.45, 2.75) is 37.8 Å². The lowest BCUT2D eigenvalue weighted by atomic mass is 9.91. The second kappa shape index (κ2) is 7.54. The summed E-state index contributed by atoms with van der Waals surface area (Å²) in [6.45, 7) is 0. The summed E-state index contributed by atoms with van der Waals surface area (Å²) in [6.07, 6.45) is 8.00. The normalized spacial score (nSPS) is 19.1. The molecule has 1 aliphatic rings. The predicted octanol–water partition coefficient (Wildman–Crippen LogP) is 1.43. The summed E-state index contributed by atoms with van der Waals surface area (Å²) in [5, 5.41) is 11.9. The molecule has 0 spiro atoms. The number of nitrogens with zero attached hydrogens (tertiary/aromatic N) is 7. The molecule has 1 N–H and O–H groups in total. The van der Waals surface area contributed by atoms with Crippen molar-refractivity contribution < 1.29 is 0 Å². The van der Waals surface area contributed by atoms with Crippen LogP contribution in [0.4, 0.5) is 5.82 Å². The third-order valence-electron chi connectivity index (χ3n) is 5.43. The second-order valence-corrected chi connectivity index (χ2v) is 7.37. The van der Waals surface area contributed by atoms with Crippen molar-refractivity contribution in [1.29, 1.82) is 0 Å². The molecule has 0 aromatic carbocycles. The molecule has 0 radical (unpaired) electrons. The Balaban J connectivity index is 1.30. The summed E-state index contributed by atoms with van der Waals surface area (Å²) >= 11 is 0. The predicted molar refractivity (Wildman–Crippen MR) is 110 cm³/mol. The molecule has 0 amide bonds. The molecule has 0 atom stereocenters. The van der Waals surface area contributed by atoms with Gasteiger partial charge in [0.2, 0.25) is 0 Å². The highest BCUT2D eigenvalue weighted by atomic mass is 16.1. The van der Waals surface area contributed by atoms with Crippen molar-refractivity contribution in [3.8, 4) is 5.82 Å². The lowest BCUT2D eigenvalue weighted by Gasteiger charge is -2.29. The van der Waals surface area contributed by atoms with Crippen molar-refractivity contribution in [3.63, 3.8) is 0 Å². The van der Waals surface area contributed by atoms with Crippen molar-refractivity contribution >= 4 is 11.5 Å². The smallest absolute Gasteiger partial charge is 0.267 e. The SMILES string of the molecule is O=c1ccc(-n2cncn2)nn1C1CCC(Nc2cc(=O)n3ccccc3n2)CC1. The maximum Gasteiger partial charge on any atom is 0.267 e. The first-order chi connectivity index (χ1) is 14.7. The van der Waals surface area contributed by atoms with Gasteiger partial charge in [-0.1, -0.05) is 6.07 Å². The number of aromatic nitrogens is 7. The molecule has 10 nitrogen and oxygen atoms in total. The van der Waals surface area contributed by atoms with E-state index in [0.717, 1.165) is 25.7 Å². The average molecular weight is 404 g/mol. The number of fused-ring (bicyclic) bond motifs is 1. The highest BCUT2D eigenvalue weighted by molar-refractivity contribution is 5.46. The zero-order valence-electron chi connectivity index (χ0n) is 16.1. The minimum Gasteiger partial charge on any atom is -0.367 e. The fourth-order valence-electron chi connectivity index (χ4n) is 3.93. The van der Waals surface area contributed by atoms with Crippen LogP contribution in [0.25, 0.3) is 11.5 Å². The molecule has 1 saturated carbocycles. The fraction of sp³-hybridized carbons (Fsp3) is 0.300. The van der Waals surface area contributed by atoms with E-state index in [1.165, 1.54) is 27.5 Å². The Labute approximate surface area is 170 Å². The van der Waals surface area contributed by atoms with Crippen LogP contribution in [0.1, 0.15) is 31.7 Å². The Hall–Kier alpha value is -3.82. The van der Waals surface area contributed by atoms with E-state index in [1.54, 1.807) is 29.3 Å². The van der Waals surface area contributed by atoms with Crippen molar-refractivity contribution in [3.05, 3.63) is 76.0 Å². The summed E-state index contributed by atoms with van der Waals surface area (Å²) in [5.41, 5.74) is 0.374. The van der Waals surface area contributed by atoms with Gasteiger partial charge in [-0.3, -0.25) is 14.0 Å². The average Bonchev–Trinajstić information content (AvgIpc) is 3.30. The van der Waals surface area contributed by atoms with E-state index < -0.39 is 0 Å². The van der Waals surface area contributed by atoms with Crippen LogP contribution in [0.3, 0.4) is 0 Å². The van der Waals surface area contributed by atoms with Gasteiger partial charge in [-0.15, -0.1) is 5.10 Å². The lowest BCUT2D eigenvalue weighted by Crippen LogP contribution is -2.34. The van der Waals surface area contributed by atoms with Crippen molar-refractivity contribution in [1.82, 2.24) is 33.9 Å². The van der Waals surface area contributed by atoms with E-state index in [4.69, 9.17) is 0 Å². The molecule has 5 rings (SSSR count). The minimum absolute atomic E-state index is 0.0224. The number of hydrogen-bond donors (Lipinski definition) is 1. The van der Waals surface area contributed by atoms with Crippen LogP contribution in [-0.2, 0) is 0 Å². The van der Waals surface area contributed by atoms with Gasteiger partial charge in [0.25, 0.3) is 11.1 Å². The highest BCUT2D eigenvalue weighted by Crippen LogP contribution is 2.28.